The molecule has 0 N–H and O–H groups in total. The molecule has 1 amide bonds. The van der Waals surface area contributed by atoms with Crippen LogP contribution in [0.4, 0.5) is 0 Å². The number of para-hydroxylation sites is 1. The SMILES string of the molecule is COc1ccccc1CCN1CCCC(CN(C)C(=O)Cc2nonc2C)C1. The van der Waals surface area contributed by atoms with Crippen LogP contribution in [0, 0.1) is 12.8 Å². The number of ether oxygens (including phenoxy) is 1. The molecule has 1 fully saturated rings. The van der Waals surface area contributed by atoms with E-state index in [1.807, 2.05) is 24.1 Å². The minimum absolute atomic E-state index is 0.0601. The van der Waals surface area contributed by atoms with E-state index in [-0.39, 0.29) is 12.3 Å². The van der Waals surface area contributed by atoms with Crippen molar-refractivity contribution in [3.63, 3.8) is 0 Å². The summed E-state index contributed by atoms with van der Waals surface area (Å²) in [6, 6.07) is 8.21. The average Bonchev–Trinajstić information content (AvgIpc) is 3.11. The number of carbonyl (C=O) groups excluding carboxylic acids is 1. The minimum atomic E-state index is 0.0601. The Hall–Kier alpha value is -2.41. The Labute approximate surface area is 166 Å². The van der Waals surface area contributed by atoms with Gasteiger partial charge in [-0.2, -0.15) is 0 Å². The number of likely N-dealkylation sites (N-methyl/N-ethyl adjacent to an activating group) is 1. The van der Waals surface area contributed by atoms with Gasteiger partial charge in [0.15, 0.2) is 0 Å². The Bertz CT molecular complexity index is 777. The molecule has 0 bridgehead atoms. The molecule has 1 unspecified atom stereocenters. The Balaban J connectivity index is 1.47. The fraction of sp³-hybridized carbons (Fsp3) is 0.571. The highest BCUT2D eigenvalue weighted by molar-refractivity contribution is 5.78. The average molecular weight is 386 g/mol. The molecule has 0 spiro atoms. The topological polar surface area (TPSA) is 71.7 Å². The van der Waals surface area contributed by atoms with Crippen LogP contribution >= 0.6 is 0 Å². The maximum Gasteiger partial charge on any atom is 0.228 e. The van der Waals surface area contributed by atoms with Gasteiger partial charge in [-0.05, 0) is 50.3 Å². The minimum Gasteiger partial charge on any atom is -0.496 e. The van der Waals surface area contributed by atoms with Gasteiger partial charge in [0.2, 0.25) is 5.91 Å². The highest BCUT2D eigenvalue weighted by atomic mass is 16.6. The third kappa shape index (κ3) is 5.32. The van der Waals surface area contributed by atoms with E-state index in [1.54, 1.807) is 14.0 Å². The molecular formula is C21H30N4O3. The molecule has 7 nitrogen and oxygen atoms in total. The highest BCUT2D eigenvalue weighted by Crippen LogP contribution is 2.21. The lowest BCUT2D eigenvalue weighted by molar-refractivity contribution is -0.130. The van der Waals surface area contributed by atoms with Crippen molar-refractivity contribution in [1.82, 2.24) is 20.1 Å². The van der Waals surface area contributed by atoms with Crippen LogP contribution in [0.15, 0.2) is 28.9 Å². The zero-order chi connectivity index (χ0) is 19.9. The van der Waals surface area contributed by atoms with Gasteiger partial charge >= 0.3 is 0 Å². The summed E-state index contributed by atoms with van der Waals surface area (Å²) in [4.78, 5) is 16.8. The lowest BCUT2D eigenvalue weighted by Gasteiger charge is -2.34. The molecule has 1 aliphatic heterocycles. The predicted molar refractivity (Wildman–Crippen MR) is 106 cm³/mol. The third-order valence-electron chi connectivity index (χ3n) is 5.52. The fourth-order valence-electron chi connectivity index (χ4n) is 3.87. The molecule has 7 heteroatoms. The van der Waals surface area contributed by atoms with Crippen LogP contribution in [-0.2, 0) is 17.6 Å². The van der Waals surface area contributed by atoms with E-state index < -0.39 is 0 Å². The normalized spacial score (nSPS) is 17.5. The molecule has 1 aliphatic rings. The Morgan fingerprint density at radius 3 is 2.93 bits per heavy atom. The first-order valence-electron chi connectivity index (χ1n) is 9.93. The van der Waals surface area contributed by atoms with Gasteiger partial charge in [0.25, 0.3) is 0 Å². The van der Waals surface area contributed by atoms with Gasteiger partial charge in [-0.15, -0.1) is 0 Å². The summed E-state index contributed by atoms with van der Waals surface area (Å²) in [7, 11) is 3.60. The fourth-order valence-corrected chi connectivity index (χ4v) is 3.87. The Kier molecular flexibility index (Phi) is 7.03. The van der Waals surface area contributed by atoms with Crippen molar-refractivity contribution in [3.8, 4) is 5.75 Å². The molecule has 0 saturated carbocycles. The monoisotopic (exact) mass is 386 g/mol. The molecule has 0 radical (unpaired) electrons. The number of methoxy groups -OCH3 is 1. The maximum atomic E-state index is 12.5. The van der Waals surface area contributed by atoms with Gasteiger partial charge < -0.3 is 14.5 Å². The van der Waals surface area contributed by atoms with Crippen molar-refractivity contribution >= 4 is 5.91 Å². The van der Waals surface area contributed by atoms with Crippen LogP contribution in [0.25, 0.3) is 0 Å². The van der Waals surface area contributed by atoms with Gasteiger partial charge in [-0.1, -0.05) is 28.5 Å². The molecule has 1 saturated heterocycles. The number of amides is 1. The summed E-state index contributed by atoms with van der Waals surface area (Å²) in [6.07, 6.45) is 3.55. The second-order valence-corrected chi connectivity index (χ2v) is 7.62. The zero-order valence-corrected chi connectivity index (χ0v) is 17.1. The van der Waals surface area contributed by atoms with Crippen LogP contribution in [0.5, 0.6) is 5.75 Å². The van der Waals surface area contributed by atoms with E-state index in [0.717, 1.165) is 44.8 Å². The molecule has 152 valence electrons. The van der Waals surface area contributed by atoms with E-state index in [0.29, 0.717) is 17.3 Å². The van der Waals surface area contributed by atoms with E-state index in [2.05, 4.69) is 32.0 Å². The van der Waals surface area contributed by atoms with E-state index in [9.17, 15) is 4.79 Å². The molecule has 3 rings (SSSR count). The summed E-state index contributed by atoms with van der Waals surface area (Å²) in [5, 5.41) is 7.55. The lowest BCUT2D eigenvalue weighted by Crippen LogP contribution is -2.42. The van der Waals surface area contributed by atoms with Crippen molar-refractivity contribution in [3.05, 3.63) is 41.2 Å². The number of nitrogens with zero attached hydrogens (tertiary/aromatic N) is 4. The van der Waals surface area contributed by atoms with Crippen LogP contribution < -0.4 is 4.74 Å². The van der Waals surface area contributed by atoms with Crippen LogP contribution in [0.1, 0.15) is 29.8 Å². The smallest absolute Gasteiger partial charge is 0.228 e. The van der Waals surface area contributed by atoms with E-state index in [4.69, 9.17) is 4.74 Å². The Morgan fingerprint density at radius 2 is 2.18 bits per heavy atom. The van der Waals surface area contributed by atoms with Gasteiger partial charge in [0.05, 0.1) is 13.5 Å². The highest BCUT2D eigenvalue weighted by Gasteiger charge is 2.23. The maximum absolute atomic E-state index is 12.5. The summed E-state index contributed by atoms with van der Waals surface area (Å²) in [6.45, 7) is 5.73. The number of hydrogen-bond donors (Lipinski definition) is 0. The van der Waals surface area contributed by atoms with Crippen LogP contribution in [0.2, 0.25) is 0 Å². The number of aryl methyl sites for hydroxylation is 1. The second-order valence-electron chi connectivity index (χ2n) is 7.62. The molecule has 28 heavy (non-hydrogen) atoms. The van der Waals surface area contributed by atoms with Crippen molar-refractivity contribution in [2.45, 2.75) is 32.6 Å². The second kappa shape index (κ2) is 9.68. The number of aromatic nitrogens is 2. The number of piperidine rings is 1. The van der Waals surface area contributed by atoms with Crippen molar-refractivity contribution in [2.75, 3.05) is 40.3 Å². The molecule has 0 aliphatic carbocycles. The van der Waals surface area contributed by atoms with Gasteiger partial charge in [0, 0.05) is 26.7 Å². The first kappa shape index (κ1) is 20.3. The largest absolute Gasteiger partial charge is 0.496 e. The van der Waals surface area contributed by atoms with Crippen molar-refractivity contribution < 1.29 is 14.2 Å². The summed E-state index contributed by atoms with van der Waals surface area (Å²) in [5.74, 6) is 1.51. The molecular weight excluding hydrogens is 356 g/mol. The zero-order valence-electron chi connectivity index (χ0n) is 17.1. The van der Waals surface area contributed by atoms with Crippen LogP contribution in [0.3, 0.4) is 0 Å². The lowest BCUT2D eigenvalue weighted by atomic mass is 9.97. The summed E-state index contributed by atoms with van der Waals surface area (Å²) in [5.41, 5.74) is 2.55. The molecule has 2 aromatic rings. The third-order valence-corrected chi connectivity index (χ3v) is 5.52. The van der Waals surface area contributed by atoms with Crippen molar-refractivity contribution in [1.29, 1.82) is 0 Å². The quantitative estimate of drug-likeness (QED) is 0.693. The summed E-state index contributed by atoms with van der Waals surface area (Å²) >= 11 is 0. The Morgan fingerprint density at radius 1 is 1.36 bits per heavy atom. The number of hydrogen-bond acceptors (Lipinski definition) is 6. The van der Waals surface area contributed by atoms with Crippen LogP contribution in [-0.4, -0.2) is 66.4 Å². The molecule has 1 atom stereocenters. The van der Waals surface area contributed by atoms with Gasteiger partial charge in [-0.3, -0.25) is 4.79 Å². The number of benzene rings is 1. The number of likely N-dealkylation sites (tertiary alicyclic amines) is 1. The standard InChI is InChI=1S/C21H30N4O3/c1-16-19(23-28-22-16)13-21(26)24(2)14-17-7-6-11-25(15-17)12-10-18-8-4-5-9-20(18)27-3/h4-5,8-9,17H,6-7,10-15H2,1-3H3. The van der Waals surface area contributed by atoms with Crippen molar-refractivity contribution in [2.24, 2.45) is 5.92 Å². The van der Waals surface area contributed by atoms with Gasteiger partial charge in [-0.25, -0.2) is 4.63 Å². The number of rotatable bonds is 8. The summed E-state index contributed by atoms with van der Waals surface area (Å²) < 4.78 is 10.1. The first-order chi connectivity index (χ1) is 13.6. The predicted octanol–water partition coefficient (Wildman–Crippen LogP) is 2.34. The number of carbonyl (C=O) groups is 1. The van der Waals surface area contributed by atoms with E-state index in [1.165, 1.54) is 12.0 Å². The van der Waals surface area contributed by atoms with E-state index >= 15 is 0 Å². The molecule has 1 aromatic heterocycles. The first-order valence-corrected chi connectivity index (χ1v) is 9.93. The molecule has 2 heterocycles. The van der Waals surface area contributed by atoms with Gasteiger partial charge in [0.1, 0.15) is 17.1 Å². The molecule has 1 aromatic carbocycles.